The number of amides is 1. The first kappa shape index (κ1) is 24.6. The number of allylic oxidation sites excluding steroid dienone is 3. The lowest BCUT2D eigenvalue weighted by Gasteiger charge is -2.29. The number of anilines is 2. The molecule has 2 aromatic heterocycles. The van der Waals surface area contributed by atoms with E-state index in [-0.39, 0.29) is 24.2 Å². The first-order valence-electron chi connectivity index (χ1n) is 10.8. The minimum atomic E-state index is -0.193. The van der Waals surface area contributed by atoms with Crippen molar-refractivity contribution in [2.24, 2.45) is 0 Å². The fraction of sp³-hybridized carbons (Fsp3) is 0.455. The van der Waals surface area contributed by atoms with Crippen LogP contribution in [0.2, 0.25) is 0 Å². The number of aliphatic hydroxyl groups excluding tert-OH is 1. The zero-order valence-corrected chi connectivity index (χ0v) is 19.5. The Kier molecular flexibility index (Phi) is 9.16. The van der Waals surface area contributed by atoms with Gasteiger partial charge in [-0.15, -0.1) is 11.3 Å². The molecule has 3 heterocycles. The number of hydrogen-bond donors (Lipinski definition) is 3. The summed E-state index contributed by atoms with van der Waals surface area (Å²) in [6.45, 7) is 8.95. The molecule has 4 N–H and O–H groups in total. The van der Waals surface area contributed by atoms with Gasteiger partial charge in [-0.3, -0.25) is 4.79 Å². The van der Waals surface area contributed by atoms with Gasteiger partial charge in [-0.05, 0) is 48.7 Å². The second-order valence-corrected chi connectivity index (χ2v) is 8.69. The molecule has 178 valence electrons. The largest absolute Gasteiger partial charge is 0.494 e. The summed E-state index contributed by atoms with van der Waals surface area (Å²) in [6, 6.07) is 0. The number of aliphatic hydroxyl groups is 1. The third kappa shape index (κ3) is 7.81. The maximum absolute atomic E-state index is 12.4. The Morgan fingerprint density at radius 2 is 2.24 bits per heavy atom. The Bertz CT molecular complexity index is 991. The molecule has 0 spiro atoms. The number of ether oxygens (including phenoxy) is 1. The molecule has 0 saturated carbocycles. The van der Waals surface area contributed by atoms with Gasteiger partial charge >= 0.3 is 0 Å². The molecule has 3 rings (SSSR count). The molecule has 0 bridgehead atoms. The molecule has 0 aliphatic carbocycles. The number of nitrogens with two attached hydrogens (primary N) is 1. The maximum Gasteiger partial charge on any atom is 0.230 e. The molecule has 33 heavy (non-hydrogen) atoms. The number of carbonyl (C=O) groups is 1. The maximum atomic E-state index is 12.4. The summed E-state index contributed by atoms with van der Waals surface area (Å²) in [7, 11) is 0. The average molecular weight is 475 g/mol. The molecule has 11 heteroatoms. The minimum absolute atomic E-state index is 0.146. The molecule has 0 radical (unpaired) electrons. The highest BCUT2D eigenvalue weighted by atomic mass is 32.1. The van der Waals surface area contributed by atoms with Gasteiger partial charge in [0, 0.05) is 31.4 Å². The highest BCUT2D eigenvalue weighted by Gasteiger charge is 2.16. The van der Waals surface area contributed by atoms with Crippen LogP contribution in [0.1, 0.15) is 32.6 Å². The van der Waals surface area contributed by atoms with E-state index < -0.39 is 0 Å². The van der Waals surface area contributed by atoms with Gasteiger partial charge in [0.25, 0.3) is 0 Å². The van der Waals surface area contributed by atoms with Crippen LogP contribution in [0.3, 0.4) is 0 Å². The van der Waals surface area contributed by atoms with Gasteiger partial charge in [0.15, 0.2) is 16.6 Å². The zero-order chi connectivity index (χ0) is 23.6. The number of thiazole rings is 1. The highest BCUT2D eigenvalue weighted by molar-refractivity contribution is 7.14. The van der Waals surface area contributed by atoms with Crippen LogP contribution < -0.4 is 11.1 Å². The number of nitrogens with zero attached hydrogens (tertiary/aromatic N) is 4. The highest BCUT2D eigenvalue weighted by Crippen LogP contribution is 2.26. The molecule has 0 atom stereocenters. The van der Waals surface area contributed by atoms with Gasteiger partial charge in [-0.25, -0.2) is 9.61 Å². The normalized spacial score (nSPS) is 16.1. The molecule has 1 amide bonds. The van der Waals surface area contributed by atoms with E-state index in [1.807, 2.05) is 13.0 Å². The summed E-state index contributed by atoms with van der Waals surface area (Å²) < 4.78 is 10.5. The predicted molar refractivity (Wildman–Crippen MR) is 127 cm³/mol. The quantitative estimate of drug-likeness (QED) is 0.255. The van der Waals surface area contributed by atoms with Gasteiger partial charge in [0.2, 0.25) is 5.91 Å². The predicted octanol–water partition coefficient (Wildman–Crippen LogP) is 2.98. The second-order valence-electron chi connectivity index (χ2n) is 7.83. The Hall–Kier alpha value is -3.02. The first-order valence-corrected chi connectivity index (χ1v) is 11.7. The van der Waals surface area contributed by atoms with E-state index >= 15 is 0 Å². The lowest BCUT2D eigenvalue weighted by Crippen LogP contribution is -2.36. The monoisotopic (exact) mass is 474 g/mol. The van der Waals surface area contributed by atoms with Gasteiger partial charge < -0.3 is 25.8 Å². The van der Waals surface area contributed by atoms with Gasteiger partial charge in [-0.1, -0.05) is 18.2 Å². The first-order chi connectivity index (χ1) is 15.9. The molecular formula is C22H30N6O4S. The zero-order valence-electron chi connectivity index (χ0n) is 18.7. The van der Waals surface area contributed by atoms with Gasteiger partial charge in [0.05, 0.1) is 12.7 Å². The number of nitrogens with one attached hydrogen (secondary N) is 1. The summed E-state index contributed by atoms with van der Waals surface area (Å²) in [4.78, 5) is 19.1. The average Bonchev–Trinajstić information content (AvgIpc) is 3.40. The summed E-state index contributed by atoms with van der Waals surface area (Å²) in [5.74, 6) is 0.615. The number of nitrogen functional groups attached to an aromatic ring is 1. The fourth-order valence-corrected chi connectivity index (χ4v) is 4.11. The van der Waals surface area contributed by atoms with Crippen molar-refractivity contribution < 1.29 is 19.3 Å². The van der Waals surface area contributed by atoms with Crippen LogP contribution in [-0.2, 0) is 9.53 Å². The van der Waals surface area contributed by atoms with Crippen molar-refractivity contribution >= 4 is 28.2 Å². The van der Waals surface area contributed by atoms with Crippen LogP contribution in [0.5, 0.6) is 0 Å². The molecule has 10 nitrogen and oxygen atoms in total. The van der Waals surface area contributed by atoms with Crippen molar-refractivity contribution in [2.45, 2.75) is 38.7 Å². The second kappa shape index (κ2) is 12.3. The molecule has 1 aliphatic rings. The third-order valence-corrected chi connectivity index (χ3v) is 5.82. The molecule has 1 saturated heterocycles. The number of rotatable bonds is 11. The van der Waals surface area contributed by atoms with E-state index in [2.05, 4.69) is 36.7 Å². The molecule has 1 aliphatic heterocycles. The number of aromatic nitrogens is 3. The third-order valence-electron chi connectivity index (χ3n) is 5.06. The molecular weight excluding hydrogens is 444 g/mol. The lowest BCUT2D eigenvalue weighted by atomic mass is 10.1. The van der Waals surface area contributed by atoms with Crippen molar-refractivity contribution in [1.82, 2.24) is 20.2 Å². The number of likely N-dealkylation sites (tertiary alicyclic amines) is 1. The van der Waals surface area contributed by atoms with Gasteiger partial charge in [0.1, 0.15) is 11.5 Å². The van der Waals surface area contributed by atoms with E-state index in [1.165, 1.54) is 11.3 Å². The van der Waals surface area contributed by atoms with Crippen LogP contribution in [0, 0.1) is 0 Å². The Morgan fingerprint density at radius 3 is 2.94 bits per heavy atom. The van der Waals surface area contributed by atoms with Crippen molar-refractivity contribution in [1.29, 1.82) is 0 Å². The van der Waals surface area contributed by atoms with Crippen LogP contribution in [-0.4, -0.2) is 63.6 Å². The summed E-state index contributed by atoms with van der Waals surface area (Å²) in [6.07, 6.45) is 7.86. The van der Waals surface area contributed by atoms with Crippen LogP contribution >= 0.6 is 11.3 Å². The number of carbonyl (C=O) groups excluding carboxylic acids is 1. The fourth-order valence-electron chi connectivity index (χ4n) is 3.40. The summed E-state index contributed by atoms with van der Waals surface area (Å²) >= 11 is 1.26. The van der Waals surface area contributed by atoms with Crippen molar-refractivity contribution in [2.75, 3.05) is 37.3 Å². The number of piperidine rings is 1. The standard InChI is InChI=1S/C22H30N6O4S/c1-3-5-17(31-11-4-8-28-9-6-16(29)7-10-28)12-15(2)13-19(30)25-22-24-18(14-33-22)20-21(23)27-32-26-20/h3,5,12,14,16,29H,1,4,6-11,13H2,2H3,(H2,23,27)(H,24,25,30)/b15-12+,17-5+. The van der Waals surface area contributed by atoms with E-state index in [0.29, 0.717) is 28.9 Å². The smallest absolute Gasteiger partial charge is 0.230 e. The van der Waals surface area contributed by atoms with E-state index in [0.717, 1.165) is 44.5 Å². The molecule has 0 aromatic carbocycles. The SMILES string of the molecule is C=C/C=C(\C=C(/C)CC(=O)Nc1nc(-c2nonc2N)cs1)OCCCN1CCC(O)CC1. The Labute approximate surface area is 196 Å². The summed E-state index contributed by atoms with van der Waals surface area (Å²) in [5.41, 5.74) is 7.35. The Morgan fingerprint density at radius 1 is 1.45 bits per heavy atom. The van der Waals surface area contributed by atoms with E-state index in [1.54, 1.807) is 17.5 Å². The molecule has 0 unspecified atom stereocenters. The van der Waals surface area contributed by atoms with Crippen molar-refractivity contribution in [3.8, 4) is 11.4 Å². The molecule has 2 aromatic rings. The lowest BCUT2D eigenvalue weighted by molar-refractivity contribution is -0.115. The molecule has 1 fully saturated rings. The van der Waals surface area contributed by atoms with E-state index in [9.17, 15) is 9.90 Å². The van der Waals surface area contributed by atoms with Gasteiger partial charge in [-0.2, -0.15) is 0 Å². The van der Waals surface area contributed by atoms with Crippen LogP contribution in [0.25, 0.3) is 11.4 Å². The van der Waals surface area contributed by atoms with Crippen LogP contribution in [0.15, 0.2) is 46.1 Å². The topological polar surface area (TPSA) is 140 Å². The summed E-state index contributed by atoms with van der Waals surface area (Å²) in [5, 5.41) is 21.8. The minimum Gasteiger partial charge on any atom is -0.494 e. The van der Waals surface area contributed by atoms with Crippen molar-refractivity contribution in [3.05, 3.63) is 41.5 Å². The van der Waals surface area contributed by atoms with Crippen molar-refractivity contribution in [3.63, 3.8) is 0 Å². The van der Waals surface area contributed by atoms with E-state index in [4.69, 9.17) is 10.5 Å². The number of hydrogen-bond acceptors (Lipinski definition) is 10. The Balaban J connectivity index is 1.44. The van der Waals surface area contributed by atoms with Crippen LogP contribution in [0.4, 0.5) is 10.9 Å².